The van der Waals surface area contributed by atoms with E-state index in [2.05, 4.69) is 55.5 Å². The van der Waals surface area contributed by atoms with Crippen molar-refractivity contribution in [2.24, 2.45) is 5.73 Å². The summed E-state index contributed by atoms with van der Waals surface area (Å²) >= 11 is 0. The zero-order chi connectivity index (χ0) is 16.1. The third-order valence-corrected chi connectivity index (χ3v) is 5.28. The van der Waals surface area contributed by atoms with E-state index in [1.807, 2.05) is 0 Å². The van der Waals surface area contributed by atoms with Crippen molar-refractivity contribution >= 4 is 0 Å². The Morgan fingerprint density at radius 3 is 1.74 bits per heavy atom. The van der Waals surface area contributed by atoms with Crippen LogP contribution in [-0.4, -0.2) is 0 Å². The van der Waals surface area contributed by atoms with Gasteiger partial charge in [0.2, 0.25) is 0 Å². The highest BCUT2D eigenvalue weighted by molar-refractivity contribution is 5.80. The highest BCUT2D eigenvalue weighted by Gasteiger charge is 2.38. The van der Waals surface area contributed by atoms with Crippen LogP contribution < -0.4 is 5.73 Å². The van der Waals surface area contributed by atoms with Gasteiger partial charge < -0.3 is 5.73 Å². The number of benzene rings is 2. The molecule has 0 fully saturated rings. The zero-order valence-electron chi connectivity index (χ0n) is 14.4. The zero-order valence-corrected chi connectivity index (χ0v) is 14.4. The molecule has 0 aromatic heterocycles. The summed E-state index contributed by atoms with van der Waals surface area (Å²) in [5.41, 5.74) is 11.9. The van der Waals surface area contributed by atoms with Crippen LogP contribution in [0.5, 0.6) is 0 Å². The Morgan fingerprint density at radius 2 is 1.17 bits per heavy atom. The summed E-state index contributed by atoms with van der Waals surface area (Å²) in [5, 5.41) is 0. The van der Waals surface area contributed by atoms with Crippen LogP contribution in [0.4, 0.5) is 0 Å². The second kappa shape index (κ2) is 7.31. The Kier molecular flexibility index (Phi) is 5.17. The maximum Gasteiger partial charge on any atom is 0.0677 e. The lowest BCUT2D eigenvalue weighted by Crippen LogP contribution is -2.35. The average Bonchev–Trinajstić information content (AvgIpc) is 2.85. The SMILES string of the molecule is CCCCCCCCCC1(N)c2ccccc2-c2ccccc21. The van der Waals surface area contributed by atoms with Crippen molar-refractivity contribution in [1.82, 2.24) is 0 Å². The molecule has 122 valence electrons. The molecule has 0 atom stereocenters. The van der Waals surface area contributed by atoms with E-state index in [4.69, 9.17) is 5.73 Å². The first-order valence-electron chi connectivity index (χ1n) is 9.25. The molecular formula is C22H29N. The molecule has 1 nitrogen and oxygen atoms in total. The van der Waals surface area contributed by atoms with Gasteiger partial charge in [-0.15, -0.1) is 0 Å². The Labute approximate surface area is 140 Å². The number of fused-ring (bicyclic) bond motifs is 3. The van der Waals surface area contributed by atoms with Gasteiger partial charge in [-0.05, 0) is 28.7 Å². The van der Waals surface area contributed by atoms with Crippen LogP contribution in [-0.2, 0) is 5.54 Å². The van der Waals surface area contributed by atoms with Gasteiger partial charge in [0.1, 0.15) is 0 Å². The van der Waals surface area contributed by atoms with Gasteiger partial charge in [-0.1, -0.05) is 100 Å². The number of hydrogen-bond acceptors (Lipinski definition) is 1. The summed E-state index contributed by atoms with van der Waals surface area (Å²) < 4.78 is 0. The molecule has 1 aliphatic rings. The van der Waals surface area contributed by atoms with Crippen LogP contribution in [0.15, 0.2) is 48.5 Å². The first-order valence-corrected chi connectivity index (χ1v) is 9.25. The van der Waals surface area contributed by atoms with Crippen LogP contribution in [0.25, 0.3) is 11.1 Å². The fourth-order valence-electron chi connectivity index (χ4n) is 3.99. The summed E-state index contributed by atoms with van der Waals surface area (Å²) in [4.78, 5) is 0. The van der Waals surface area contributed by atoms with E-state index in [9.17, 15) is 0 Å². The fourth-order valence-corrected chi connectivity index (χ4v) is 3.99. The molecule has 0 aliphatic heterocycles. The summed E-state index contributed by atoms with van der Waals surface area (Å²) in [6.45, 7) is 2.27. The highest BCUT2D eigenvalue weighted by atomic mass is 14.8. The molecule has 0 bridgehead atoms. The van der Waals surface area contributed by atoms with Crippen molar-refractivity contribution in [3.63, 3.8) is 0 Å². The summed E-state index contributed by atoms with van der Waals surface area (Å²) in [5.74, 6) is 0. The minimum Gasteiger partial charge on any atom is -0.318 e. The van der Waals surface area contributed by atoms with E-state index in [-0.39, 0.29) is 5.54 Å². The average molecular weight is 307 g/mol. The topological polar surface area (TPSA) is 26.0 Å². The molecule has 0 saturated carbocycles. The molecule has 0 heterocycles. The molecular weight excluding hydrogens is 278 g/mol. The van der Waals surface area contributed by atoms with Crippen LogP contribution in [0.3, 0.4) is 0 Å². The maximum absolute atomic E-state index is 6.94. The molecule has 1 aliphatic carbocycles. The van der Waals surface area contributed by atoms with E-state index < -0.39 is 0 Å². The van der Waals surface area contributed by atoms with Crippen molar-refractivity contribution in [3.8, 4) is 11.1 Å². The second-order valence-electron chi connectivity index (χ2n) is 6.93. The Balaban J connectivity index is 1.68. The standard InChI is InChI=1S/C22H29N/c1-2-3-4-5-6-7-12-17-22(23)20-15-10-8-13-18(20)19-14-9-11-16-21(19)22/h8-11,13-16H,2-7,12,17,23H2,1H3. The number of nitrogens with two attached hydrogens (primary N) is 1. The van der Waals surface area contributed by atoms with Crippen molar-refractivity contribution in [2.75, 3.05) is 0 Å². The molecule has 0 amide bonds. The third-order valence-electron chi connectivity index (χ3n) is 5.28. The van der Waals surface area contributed by atoms with Gasteiger partial charge in [-0.25, -0.2) is 0 Å². The summed E-state index contributed by atoms with van der Waals surface area (Å²) in [6.07, 6.45) is 10.4. The molecule has 3 rings (SSSR count). The van der Waals surface area contributed by atoms with Gasteiger partial charge in [-0.3, -0.25) is 0 Å². The van der Waals surface area contributed by atoms with Gasteiger partial charge in [0.05, 0.1) is 5.54 Å². The van der Waals surface area contributed by atoms with Gasteiger partial charge in [0.25, 0.3) is 0 Å². The molecule has 0 unspecified atom stereocenters. The van der Waals surface area contributed by atoms with Crippen LogP contribution in [0.1, 0.15) is 69.4 Å². The normalized spacial score (nSPS) is 14.5. The molecule has 1 heteroatoms. The Bertz CT molecular complexity index is 598. The van der Waals surface area contributed by atoms with Crippen molar-refractivity contribution < 1.29 is 0 Å². The molecule has 2 N–H and O–H groups in total. The smallest absolute Gasteiger partial charge is 0.0677 e. The summed E-state index contributed by atoms with van der Waals surface area (Å²) in [6, 6.07) is 17.4. The molecule has 23 heavy (non-hydrogen) atoms. The molecule has 0 spiro atoms. The second-order valence-corrected chi connectivity index (χ2v) is 6.93. The summed E-state index contributed by atoms with van der Waals surface area (Å²) in [7, 11) is 0. The van der Waals surface area contributed by atoms with E-state index >= 15 is 0 Å². The maximum atomic E-state index is 6.94. The van der Waals surface area contributed by atoms with Crippen LogP contribution in [0, 0.1) is 0 Å². The quantitative estimate of drug-likeness (QED) is 0.594. The van der Waals surface area contributed by atoms with E-state index in [0.29, 0.717) is 0 Å². The minimum absolute atomic E-state index is 0.295. The third kappa shape index (κ3) is 3.21. The van der Waals surface area contributed by atoms with E-state index in [0.717, 1.165) is 6.42 Å². The predicted molar refractivity (Wildman–Crippen MR) is 99.5 cm³/mol. The largest absolute Gasteiger partial charge is 0.318 e. The van der Waals surface area contributed by atoms with Gasteiger partial charge in [-0.2, -0.15) is 0 Å². The molecule has 0 radical (unpaired) electrons. The fraction of sp³-hybridized carbons (Fsp3) is 0.455. The lowest BCUT2D eigenvalue weighted by atomic mass is 9.83. The van der Waals surface area contributed by atoms with Crippen LogP contribution >= 0.6 is 0 Å². The monoisotopic (exact) mass is 307 g/mol. The van der Waals surface area contributed by atoms with Gasteiger partial charge in [0.15, 0.2) is 0 Å². The molecule has 2 aromatic carbocycles. The minimum atomic E-state index is -0.295. The first kappa shape index (κ1) is 16.3. The number of hydrogen-bond donors (Lipinski definition) is 1. The number of rotatable bonds is 8. The van der Waals surface area contributed by atoms with Crippen molar-refractivity contribution in [3.05, 3.63) is 59.7 Å². The van der Waals surface area contributed by atoms with Gasteiger partial charge >= 0.3 is 0 Å². The first-order chi connectivity index (χ1) is 11.3. The van der Waals surface area contributed by atoms with E-state index in [1.165, 1.54) is 67.2 Å². The van der Waals surface area contributed by atoms with E-state index in [1.54, 1.807) is 0 Å². The van der Waals surface area contributed by atoms with Gasteiger partial charge in [0, 0.05) is 0 Å². The lowest BCUT2D eigenvalue weighted by Gasteiger charge is -2.27. The van der Waals surface area contributed by atoms with Crippen LogP contribution in [0.2, 0.25) is 0 Å². The van der Waals surface area contributed by atoms with Crippen molar-refractivity contribution in [1.29, 1.82) is 0 Å². The highest BCUT2D eigenvalue weighted by Crippen LogP contribution is 2.48. The predicted octanol–water partition coefficient (Wildman–Crippen LogP) is 6.01. The molecule has 0 saturated heterocycles. The Morgan fingerprint density at radius 1 is 0.696 bits per heavy atom. The van der Waals surface area contributed by atoms with Crippen molar-refractivity contribution in [2.45, 2.75) is 63.8 Å². The lowest BCUT2D eigenvalue weighted by molar-refractivity contribution is 0.460. The molecule has 2 aromatic rings. The Hall–Kier alpha value is -1.60. The number of unbranched alkanes of at least 4 members (excludes halogenated alkanes) is 6.